The maximum Gasteiger partial charge on any atom is 0.361 e. The van der Waals surface area contributed by atoms with E-state index in [1.807, 2.05) is 21.1 Å². The van der Waals surface area contributed by atoms with Gasteiger partial charge in [0.2, 0.25) is 0 Å². The predicted molar refractivity (Wildman–Crippen MR) is 382 cm³/mol. The van der Waals surface area contributed by atoms with Gasteiger partial charge in [-0.3, -0.25) is 9.59 Å². The number of hydrogen-bond acceptors (Lipinski definition) is 7. The third-order valence-corrected chi connectivity index (χ3v) is 15.4. The van der Waals surface area contributed by atoms with Crippen LogP contribution in [0.5, 0.6) is 0 Å². The van der Waals surface area contributed by atoms with E-state index < -0.39 is 24.3 Å². The van der Waals surface area contributed by atoms with Crippen LogP contribution in [0, 0.1) is 0 Å². The standard InChI is InChI=1S/C80H135NO8/c1-6-8-10-12-14-16-18-20-22-24-26-28-30-32-34-36-38-39-41-42-44-46-48-50-52-54-56-58-60-62-64-66-68-70-77(82)87-74-76(75-88-80(79(84)85)86-73-72-81(3,4)5)89-78(83)71-69-67-65-63-61-59-57-55-53-51-49-47-45-43-40-37-35-33-31-29-27-25-23-21-19-17-15-13-11-9-7-2/h9,11,15,17-18,20-21,23-24,26-27,29,33,35,40,43,47,49,53,55,59,61,76,80H,6-8,10,12-14,16,19,22,25,28,30-32,34,36-39,41-42,44-46,48,50-52,54,56-58,60,62-75H2,1-5H3/p+1/b11-9-,17-15-,20-18-,23-21-,26-24-,29-27-,35-33-,43-40-,49-47-,55-53-,61-59-. The minimum Gasteiger partial charge on any atom is -0.477 e. The molecule has 0 aliphatic rings. The third kappa shape index (κ3) is 70.7. The number of allylic oxidation sites excluding steroid dienone is 22. The summed E-state index contributed by atoms with van der Waals surface area (Å²) in [5, 5.41) is 9.75. The van der Waals surface area contributed by atoms with E-state index in [1.165, 1.54) is 161 Å². The van der Waals surface area contributed by atoms with Gasteiger partial charge in [-0.2, -0.15) is 0 Å². The summed E-state index contributed by atoms with van der Waals surface area (Å²) in [4.78, 5) is 37.6. The number of rotatable bonds is 66. The molecule has 0 rings (SSSR count). The molecule has 0 fully saturated rings. The molecular formula is C80H136NO8+. The number of unbranched alkanes of at least 4 members (excludes halogenated alkanes) is 29. The second kappa shape index (κ2) is 69.3. The number of carbonyl (C=O) groups is 3. The van der Waals surface area contributed by atoms with Crippen LogP contribution < -0.4 is 0 Å². The fourth-order valence-corrected chi connectivity index (χ4v) is 9.86. The Labute approximate surface area is 548 Å². The van der Waals surface area contributed by atoms with E-state index in [4.69, 9.17) is 18.9 Å². The summed E-state index contributed by atoms with van der Waals surface area (Å²) in [6, 6.07) is 0. The van der Waals surface area contributed by atoms with Crippen LogP contribution >= 0.6 is 0 Å². The average Bonchev–Trinajstić information content (AvgIpc) is 3.64. The highest BCUT2D eigenvalue weighted by Gasteiger charge is 2.25. The Morgan fingerprint density at radius 2 is 0.640 bits per heavy atom. The smallest absolute Gasteiger partial charge is 0.361 e. The van der Waals surface area contributed by atoms with Crippen molar-refractivity contribution in [3.05, 3.63) is 134 Å². The van der Waals surface area contributed by atoms with Crippen molar-refractivity contribution >= 4 is 17.9 Å². The molecule has 0 bridgehead atoms. The molecule has 89 heavy (non-hydrogen) atoms. The second-order valence-electron chi connectivity index (χ2n) is 25.2. The van der Waals surface area contributed by atoms with E-state index in [-0.39, 0.29) is 32.2 Å². The first-order valence-electron chi connectivity index (χ1n) is 36.3. The molecule has 0 aromatic carbocycles. The van der Waals surface area contributed by atoms with Crippen LogP contribution in [0.15, 0.2) is 134 Å². The number of aliphatic carboxylic acids is 1. The molecule has 0 aromatic rings. The van der Waals surface area contributed by atoms with Gasteiger partial charge >= 0.3 is 17.9 Å². The molecule has 0 saturated carbocycles. The molecule has 9 heteroatoms. The van der Waals surface area contributed by atoms with Gasteiger partial charge in [-0.05, 0) is 116 Å². The van der Waals surface area contributed by atoms with Crippen molar-refractivity contribution in [2.45, 2.75) is 309 Å². The van der Waals surface area contributed by atoms with Crippen molar-refractivity contribution in [2.24, 2.45) is 0 Å². The van der Waals surface area contributed by atoms with E-state index in [0.717, 1.165) is 103 Å². The normalized spacial score (nSPS) is 13.5. The Morgan fingerprint density at radius 1 is 0.348 bits per heavy atom. The lowest BCUT2D eigenvalue weighted by Crippen LogP contribution is -2.40. The minimum absolute atomic E-state index is 0.175. The molecule has 0 radical (unpaired) electrons. The summed E-state index contributed by atoms with van der Waals surface area (Å²) in [6.07, 6.45) is 97.2. The van der Waals surface area contributed by atoms with E-state index in [0.29, 0.717) is 23.9 Å². The zero-order chi connectivity index (χ0) is 64.7. The Balaban J connectivity index is 4.18. The summed E-state index contributed by atoms with van der Waals surface area (Å²) < 4.78 is 22.9. The molecule has 0 aliphatic carbocycles. The Hall–Kier alpha value is -4.57. The summed E-state index contributed by atoms with van der Waals surface area (Å²) in [5.41, 5.74) is 0. The van der Waals surface area contributed by atoms with Gasteiger partial charge in [-0.15, -0.1) is 0 Å². The fourth-order valence-electron chi connectivity index (χ4n) is 9.86. The molecule has 0 aliphatic heterocycles. The van der Waals surface area contributed by atoms with Crippen LogP contribution in [-0.2, 0) is 33.3 Å². The molecule has 2 unspecified atom stereocenters. The van der Waals surface area contributed by atoms with Gasteiger partial charge in [-0.25, -0.2) is 4.79 Å². The third-order valence-electron chi connectivity index (χ3n) is 15.4. The number of ether oxygens (including phenoxy) is 4. The summed E-state index contributed by atoms with van der Waals surface area (Å²) in [7, 11) is 5.96. The molecule has 0 heterocycles. The van der Waals surface area contributed by atoms with Crippen molar-refractivity contribution in [1.82, 2.24) is 0 Å². The van der Waals surface area contributed by atoms with Crippen molar-refractivity contribution in [2.75, 3.05) is 47.5 Å². The Bertz CT molecular complexity index is 1930. The SMILES string of the molecule is CC/C=C\C/C=C\C/C=C\C/C=C\C/C=C\C/C=C\C/C=C\C/C=C\C/C=C\CCCCCC(=O)OC(COC(=O)CCCCCCCCCCCCCCCCCCCCCCC/C=C\C/C=C\CCCCCCC)COC(OCC[N+](C)(C)C)C(=O)O. The average molecular weight is 1240 g/mol. The van der Waals surface area contributed by atoms with Crippen molar-refractivity contribution in [3.8, 4) is 0 Å². The number of carboxylic acids is 1. The summed E-state index contributed by atoms with van der Waals surface area (Å²) >= 11 is 0. The quantitative estimate of drug-likeness (QED) is 0.0211. The highest BCUT2D eigenvalue weighted by atomic mass is 16.7. The zero-order valence-corrected chi connectivity index (χ0v) is 58.0. The molecule has 0 spiro atoms. The first-order valence-corrected chi connectivity index (χ1v) is 36.3. The van der Waals surface area contributed by atoms with Gasteiger partial charge < -0.3 is 28.5 Å². The molecule has 9 nitrogen and oxygen atoms in total. The van der Waals surface area contributed by atoms with Crippen LogP contribution in [-0.4, -0.2) is 87.4 Å². The highest BCUT2D eigenvalue weighted by molar-refractivity contribution is 5.71. The predicted octanol–water partition coefficient (Wildman–Crippen LogP) is 22.9. The number of hydrogen-bond donors (Lipinski definition) is 1. The van der Waals surface area contributed by atoms with Crippen molar-refractivity contribution in [3.63, 3.8) is 0 Å². The second-order valence-corrected chi connectivity index (χ2v) is 25.2. The van der Waals surface area contributed by atoms with E-state index in [2.05, 4.69) is 148 Å². The zero-order valence-electron chi connectivity index (χ0n) is 58.0. The number of quaternary nitrogens is 1. The topological polar surface area (TPSA) is 108 Å². The maximum absolute atomic E-state index is 12.9. The molecule has 1 N–H and O–H groups in total. The summed E-state index contributed by atoms with van der Waals surface area (Å²) in [6.45, 7) is 4.73. The number of carboxylic acid groups (broad SMARTS) is 1. The van der Waals surface area contributed by atoms with Crippen LogP contribution in [0.1, 0.15) is 296 Å². The molecule has 2 atom stereocenters. The number of esters is 2. The van der Waals surface area contributed by atoms with Gasteiger partial charge in [0.25, 0.3) is 6.29 Å². The van der Waals surface area contributed by atoms with Crippen molar-refractivity contribution in [1.29, 1.82) is 0 Å². The number of nitrogens with zero attached hydrogens (tertiary/aromatic N) is 1. The number of likely N-dealkylation sites (N-methyl/N-ethyl adjacent to an activating group) is 1. The number of carbonyl (C=O) groups excluding carboxylic acids is 2. The van der Waals surface area contributed by atoms with Crippen LogP contribution in [0.4, 0.5) is 0 Å². The maximum atomic E-state index is 12.9. The fraction of sp³-hybridized carbons (Fsp3) is 0.688. The van der Waals surface area contributed by atoms with Crippen molar-refractivity contribution < 1.29 is 42.9 Å². The lowest BCUT2D eigenvalue weighted by Gasteiger charge is -2.25. The van der Waals surface area contributed by atoms with E-state index in [9.17, 15) is 19.5 Å². The minimum atomic E-state index is -1.53. The Morgan fingerprint density at radius 3 is 0.966 bits per heavy atom. The molecule has 0 saturated heterocycles. The molecule has 0 aromatic heterocycles. The molecule has 508 valence electrons. The lowest BCUT2D eigenvalue weighted by atomic mass is 10.0. The Kier molecular flexibility index (Phi) is 65.8. The molecular weight excluding hydrogens is 1100 g/mol. The lowest BCUT2D eigenvalue weighted by molar-refractivity contribution is -0.870. The van der Waals surface area contributed by atoms with Gasteiger partial charge in [0, 0.05) is 12.8 Å². The summed E-state index contributed by atoms with van der Waals surface area (Å²) in [5.74, 6) is -2.05. The van der Waals surface area contributed by atoms with Gasteiger partial charge in [-0.1, -0.05) is 302 Å². The van der Waals surface area contributed by atoms with E-state index >= 15 is 0 Å². The van der Waals surface area contributed by atoms with Gasteiger partial charge in [0.15, 0.2) is 6.10 Å². The van der Waals surface area contributed by atoms with Crippen LogP contribution in [0.3, 0.4) is 0 Å². The molecule has 0 amide bonds. The monoisotopic (exact) mass is 1240 g/mol. The van der Waals surface area contributed by atoms with Crippen LogP contribution in [0.25, 0.3) is 0 Å². The van der Waals surface area contributed by atoms with E-state index in [1.54, 1.807) is 0 Å². The van der Waals surface area contributed by atoms with Crippen LogP contribution in [0.2, 0.25) is 0 Å². The largest absolute Gasteiger partial charge is 0.477 e. The van der Waals surface area contributed by atoms with Gasteiger partial charge in [0.05, 0.1) is 34.4 Å². The highest BCUT2D eigenvalue weighted by Crippen LogP contribution is 2.17. The first-order chi connectivity index (χ1) is 43.6. The first kappa shape index (κ1) is 84.4. The van der Waals surface area contributed by atoms with Gasteiger partial charge in [0.1, 0.15) is 13.2 Å².